The van der Waals surface area contributed by atoms with Crippen molar-refractivity contribution in [2.45, 2.75) is 36.6 Å². The van der Waals surface area contributed by atoms with Crippen LogP contribution in [0.4, 0.5) is 0 Å². The van der Waals surface area contributed by atoms with Gasteiger partial charge in [0.25, 0.3) is 10.1 Å². The van der Waals surface area contributed by atoms with Gasteiger partial charge in [-0.1, -0.05) is 71.2 Å². The van der Waals surface area contributed by atoms with Crippen LogP contribution < -0.4 is 5.32 Å². The maximum absolute atomic E-state index is 10.5. The first-order valence-electron chi connectivity index (χ1n) is 9.96. The fourth-order valence-corrected chi connectivity index (χ4v) is 4.66. The second kappa shape index (κ2) is 10.2. The molecule has 0 aliphatic heterocycles. The van der Waals surface area contributed by atoms with Gasteiger partial charge in [0.1, 0.15) is 0 Å². The Bertz CT molecular complexity index is 1150. The van der Waals surface area contributed by atoms with E-state index in [0.717, 1.165) is 18.4 Å². The number of fused-ring (bicyclic) bond motifs is 1. The van der Waals surface area contributed by atoms with E-state index in [-0.39, 0.29) is 4.90 Å². The van der Waals surface area contributed by atoms with Gasteiger partial charge in [-0.3, -0.25) is 4.55 Å². The second-order valence-electron chi connectivity index (χ2n) is 7.56. The largest absolute Gasteiger partial charge is 0.313 e. The van der Waals surface area contributed by atoms with Gasteiger partial charge in [-0.15, -0.1) is 0 Å². The summed E-state index contributed by atoms with van der Waals surface area (Å²) in [5.74, 6) is 0.408. The van der Waals surface area contributed by atoms with E-state index in [4.69, 9.17) is 27.8 Å². The molecule has 0 aromatic heterocycles. The molecule has 164 valence electrons. The predicted octanol–water partition coefficient (Wildman–Crippen LogP) is 6.42. The molecule has 0 unspecified atom stereocenters. The van der Waals surface area contributed by atoms with Gasteiger partial charge >= 0.3 is 0 Å². The number of halogens is 2. The van der Waals surface area contributed by atoms with E-state index < -0.39 is 10.1 Å². The first kappa shape index (κ1) is 23.8. The van der Waals surface area contributed by atoms with E-state index in [2.05, 4.69) is 35.6 Å². The summed E-state index contributed by atoms with van der Waals surface area (Å²) in [6.45, 7) is 1.84. The fraction of sp³-hybridized carbons (Fsp3) is 0.250. The van der Waals surface area contributed by atoms with Crippen molar-refractivity contribution in [1.29, 1.82) is 0 Å². The Balaban J connectivity index is 0.000000210. The summed E-state index contributed by atoms with van der Waals surface area (Å²) in [7, 11) is -1.99. The van der Waals surface area contributed by atoms with Crippen LogP contribution in [0, 0.1) is 6.92 Å². The molecule has 1 aliphatic rings. The highest BCUT2D eigenvalue weighted by molar-refractivity contribution is 7.85. The molecule has 2 atom stereocenters. The summed E-state index contributed by atoms with van der Waals surface area (Å²) in [5.41, 5.74) is 5.01. The van der Waals surface area contributed by atoms with Gasteiger partial charge in [-0.05, 0) is 67.8 Å². The lowest BCUT2D eigenvalue weighted by Gasteiger charge is -2.32. The molecule has 0 spiro atoms. The van der Waals surface area contributed by atoms with E-state index in [1.54, 1.807) is 12.1 Å². The molecule has 0 heterocycles. The van der Waals surface area contributed by atoms with E-state index in [0.29, 0.717) is 22.0 Å². The number of hydrogen-bond donors (Lipinski definition) is 2. The van der Waals surface area contributed by atoms with Crippen LogP contribution in [-0.2, 0) is 10.1 Å². The Labute approximate surface area is 194 Å². The summed E-state index contributed by atoms with van der Waals surface area (Å²) >= 11 is 12.2. The van der Waals surface area contributed by atoms with Crippen molar-refractivity contribution < 1.29 is 13.0 Å². The lowest BCUT2D eigenvalue weighted by atomic mass is 9.77. The number of rotatable bonds is 3. The molecule has 0 saturated heterocycles. The van der Waals surface area contributed by atoms with Crippen LogP contribution in [0.1, 0.15) is 47.1 Å². The van der Waals surface area contributed by atoms with Gasteiger partial charge in [0.2, 0.25) is 0 Å². The smallest absolute Gasteiger partial charge is 0.294 e. The Kier molecular flexibility index (Phi) is 7.78. The van der Waals surface area contributed by atoms with E-state index in [1.807, 2.05) is 26.1 Å². The van der Waals surface area contributed by atoms with Crippen LogP contribution in [0.5, 0.6) is 0 Å². The Morgan fingerprint density at radius 2 is 1.55 bits per heavy atom. The van der Waals surface area contributed by atoms with Crippen molar-refractivity contribution in [2.75, 3.05) is 7.05 Å². The molecule has 3 aromatic carbocycles. The predicted molar refractivity (Wildman–Crippen MR) is 127 cm³/mol. The zero-order valence-electron chi connectivity index (χ0n) is 17.3. The Morgan fingerprint density at radius 1 is 0.903 bits per heavy atom. The monoisotopic (exact) mass is 477 g/mol. The summed E-state index contributed by atoms with van der Waals surface area (Å²) in [4.78, 5) is -0.0666. The maximum atomic E-state index is 10.5. The number of benzene rings is 3. The van der Waals surface area contributed by atoms with Gasteiger partial charge in [-0.25, -0.2) is 0 Å². The minimum atomic E-state index is -4.02. The molecule has 0 bridgehead atoms. The summed E-state index contributed by atoms with van der Waals surface area (Å²) in [5, 5.41) is 4.66. The zero-order valence-corrected chi connectivity index (χ0v) is 19.7. The average molecular weight is 478 g/mol. The van der Waals surface area contributed by atoms with Crippen LogP contribution >= 0.6 is 23.2 Å². The highest BCUT2D eigenvalue weighted by Crippen LogP contribution is 2.42. The topological polar surface area (TPSA) is 66.4 Å². The molecule has 4 nitrogen and oxygen atoms in total. The Hall–Kier alpha value is -1.89. The van der Waals surface area contributed by atoms with Crippen LogP contribution in [0.25, 0.3) is 0 Å². The van der Waals surface area contributed by atoms with Crippen molar-refractivity contribution in [1.82, 2.24) is 5.32 Å². The third-order valence-electron chi connectivity index (χ3n) is 5.50. The molecule has 0 amide bonds. The average Bonchev–Trinajstić information content (AvgIpc) is 2.75. The van der Waals surface area contributed by atoms with E-state index >= 15 is 0 Å². The molecule has 1 aliphatic carbocycles. The van der Waals surface area contributed by atoms with Crippen LogP contribution in [0.2, 0.25) is 10.0 Å². The van der Waals surface area contributed by atoms with Crippen molar-refractivity contribution >= 4 is 33.3 Å². The van der Waals surface area contributed by atoms with Crippen molar-refractivity contribution in [3.63, 3.8) is 0 Å². The van der Waals surface area contributed by atoms with Crippen LogP contribution in [0.15, 0.2) is 71.6 Å². The van der Waals surface area contributed by atoms with Crippen LogP contribution in [0.3, 0.4) is 0 Å². The lowest BCUT2D eigenvalue weighted by molar-refractivity contribution is 0.471. The van der Waals surface area contributed by atoms with Crippen molar-refractivity contribution in [3.05, 3.63) is 99.0 Å². The molecular formula is C24H25Cl2NO3S. The van der Waals surface area contributed by atoms with Crippen LogP contribution in [-0.4, -0.2) is 20.0 Å². The minimum absolute atomic E-state index is 0.0666. The first-order chi connectivity index (χ1) is 14.7. The SMILES string of the molecule is CN[C@H]1CC[C@@H](c2ccc(Cl)c(Cl)c2)c2ccccc21.Cc1ccc(S(=O)(=O)O)cc1. The molecule has 31 heavy (non-hydrogen) atoms. The maximum Gasteiger partial charge on any atom is 0.294 e. The highest BCUT2D eigenvalue weighted by atomic mass is 35.5. The van der Waals surface area contributed by atoms with Gasteiger partial charge in [0.15, 0.2) is 0 Å². The molecule has 0 saturated carbocycles. The Morgan fingerprint density at radius 3 is 2.13 bits per heavy atom. The molecule has 0 fully saturated rings. The molecular weight excluding hydrogens is 453 g/mol. The van der Waals surface area contributed by atoms with Crippen molar-refractivity contribution in [3.8, 4) is 0 Å². The second-order valence-corrected chi connectivity index (χ2v) is 9.80. The minimum Gasteiger partial charge on any atom is -0.313 e. The zero-order chi connectivity index (χ0) is 22.6. The molecule has 7 heteroatoms. The molecule has 0 radical (unpaired) electrons. The normalized spacial score (nSPS) is 18.0. The van der Waals surface area contributed by atoms with Gasteiger partial charge in [-0.2, -0.15) is 8.42 Å². The standard InChI is InChI=1S/C17H17Cl2N.C7H8O3S/c1-20-17-9-7-12(13-4-2-3-5-14(13)17)11-6-8-15(18)16(19)10-11;1-6-2-4-7(5-3-6)11(8,9)10/h2-6,8,10,12,17,20H,7,9H2,1H3;2-5H,1H3,(H,8,9,10)/t12-,17-;/m0./s1. The lowest BCUT2D eigenvalue weighted by Crippen LogP contribution is -2.24. The molecule has 4 rings (SSSR count). The number of nitrogens with one attached hydrogen (secondary N) is 1. The molecule has 3 aromatic rings. The van der Waals surface area contributed by atoms with Crippen molar-refractivity contribution in [2.24, 2.45) is 0 Å². The number of hydrogen-bond acceptors (Lipinski definition) is 3. The number of aryl methyl sites for hydroxylation is 1. The van der Waals surface area contributed by atoms with Gasteiger partial charge in [0.05, 0.1) is 14.9 Å². The van der Waals surface area contributed by atoms with E-state index in [9.17, 15) is 8.42 Å². The van der Waals surface area contributed by atoms with Gasteiger partial charge in [0, 0.05) is 12.0 Å². The summed E-state index contributed by atoms with van der Waals surface area (Å²) in [6, 6.07) is 21.1. The summed E-state index contributed by atoms with van der Waals surface area (Å²) < 4.78 is 29.6. The third-order valence-corrected chi connectivity index (χ3v) is 7.11. The molecule has 2 N–H and O–H groups in total. The van der Waals surface area contributed by atoms with Gasteiger partial charge < -0.3 is 5.32 Å². The third kappa shape index (κ3) is 5.88. The van der Waals surface area contributed by atoms with E-state index in [1.165, 1.54) is 28.8 Å². The first-order valence-corrected chi connectivity index (χ1v) is 12.2. The fourth-order valence-electron chi connectivity index (χ4n) is 3.88. The highest BCUT2D eigenvalue weighted by Gasteiger charge is 2.27. The summed E-state index contributed by atoms with van der Waals surface area (Å²) in [6.07, 6.45) is 2.26. The quantitative estimate of drug-likeness (QED) is 0.427.